The van der Waals surface area contributed by atoms with Crippen LogP contribution in [0.3, 0.4) is 0 Å². The second-order valence-electron chi connectivity index (χ2n) is 28.7. The van der Waals surface area contributed by atoms with Gasteiger partial charge in [0.05, 0.1) is 22.2 Å². The van der Waals surface area contributed by atoms with Gasteiger partial charge < -0.3 is 9.13 Å². The van der Waals surface area contributed by atoms with Crippen molar-refractivity contribution in [1.29, 1.82) is 0 Å². The van der Waals surface area contributed by atoms with Gasteiger partial charge in [-0.2, -0.15) is 0 Å². The van der Waals surface area contributed by atoms with Crippen molar-refractivity contribution < 1.29 is 8.78 Å². The second kappa shape index (κ2) is 44.2. The van der Waals surface area contributed by atoms with Gasteiger partial charge in [-0.05, 0) is 123 Å². The van der Waals surface area contributed by atoms with E-state index in [9.17, 15) is 0 Å². The molecule has 0 spiro atoms. The summed E-state index contributed by atoms with van der Waals surface area (Å²) in [4.78, 5) is 39.5. The SMILES string of the molecule is CCCCCCCCCCCCC(CCCCCCCCCC)Cc1cc(-c2cc3c(cc(-c4cc(CC(C)CCCCCCCCCC)c(C)s4)c(=O)n3CCCCCCCC)n(CCCCCCCC)c2=O)sc1-c1ccc(-c2ccc(-c3ccc(C)s3)c(F)c2F)s1. The van der Waals surface area contributed by atoms with Gasteiger partial charge in [-0.25, -0.2) is 8.78 Å². The molecule has 0 aliphatic carbocycles. The minimum Gasteiger partial charge on any atom is -0.306 e. The number of aromatic nitrogens is 2. The predicted molar refractivity (Wildman–Crippen MR) is 418 cm³/mol. The van der Waals surface area contributed by atoms with Gasteiger partial charge in [-0.15, -0.1) is 45.3 Å². The van der Waals surface area contributed by atoms with Gasteiger partial charge in [0.15, 0.2) is 11.6 Å². The van der Waals surface area contributed by atoms with Crippen LogP contribution in [0.1, 0.15) is 326 Å². The maximum atomic E-state index is 16.5. The van der Waals surface area contributed by atoms with Crippen molar-refractivity contribution in [2.24, 2.45) is 11.8 Å². The first-order valence-electron chi connectivity index (χ1n) is 39.1. The van der Waals surface area contributed by atoms with Crippen LogP contribution in [0.2, 0.25) is 0 Å². The summed E-state index contributed by atoms with van der Waals surface area (Å²) >= 11 is 6.44. The average molecular weight is 1370 g/mol. The molecular formula is C85H126F2N2O2S4. The van der Waals surface area contributed by atoms with E-state index in [0.29, 0.717) is 46.5 Å². The van der Waals surface area contributed by atoms with Crippen LogP contribution in [0.25, 0.3) is 62.6 Å². The molecule has 0 bridgehead atoms. The molecule has 0 aliphatic rings. The largest absolute Gasteiger partial charge is 0.306 e. The summed E-state index contributed by atoms with van der Waals surface area (Å²) in [5.41, 5.74) is 6.28. The van der Waals surface area contributed by atoms with Gasteiger partial charge >= 0.3 is 0 Å². The summed E-state index contributed by atoms with van der Waals surface area (Å²) in [5, 5.41) is 0. The van der Waals surface area contributed by atoms with Crippen molar-refractivity contribution in [3.05, 3.63) is 114 Å². The molecule has 7 rings (SSSR count). The lowest BCUT2D eigenvalue weighted by Gasteiger charge is -2.18. The number of hydrogen-bond acceptors (Lipinski definition) is 6. The van der Waals surface area contributed by atoms with E-state index in [4.69, 9.17) is 0 Å². The Hall–Kier alpha value is -3.96. The molecule has 7 aromatic rings. The Morgan fingerprint density at radius 2 is 0.726 bits per heavy atom. The molecule has 0 saturated carbocycles. The predicted octanol–water partition coefficient (Wildman–Crippen LogP) is 29.1. The molecule has 95 heavy (non-hydrogen) atoms. The number of hydrogen-bond donors (Lipinski definition) is 0. The van der Waals surface area contributed by atoms with Gasteiger partial charge in [0, 0.05) is 63.2 Å². The molecule has 0 N–H and O–H groups in total. The Balaban J connectivity index is 1.31. The number of benzene rings is 1. The van der Waals surface area contributed by atoms with E-state index in [0.717, 1.165) is 91.7 Å². The topological polar surface area (TPSA) is 44.0 Å². The smallest absolute Gasteiger partial charge is 0.259 e. The second-order valence-corrected chi connectivity index (χ2v) is 33.4. The number of fused-ring (bicyclic) bond motifs is 1. The van der Waals surface area contributed by atoms with Crippen LogP contribution in [-0.2, 0) is 25.9 Å². The highest BCUT2D eigenvalue weighted by Gasteiger charge is 2.26. The fourth-order valence-corrected chi connectivity index (χ4v) is 18.8. The lowest BCUT2D eigenvalue weighted by Crippen LogP contribution is -2.28. The first-order valence-corrected chi connectivity index (χ1v) is 42.4. The number of pyridine rings is 2. The van der Waals surface area contributed by atoms with Gasteiger partial charge in [-0.3, -0.25) is 9.59 Å². The van der Waals surface area contributed by atoms with Crippen molar-refractivity contribution >= 4 is 56.4 Å². The van der Waals surface area contributed by atoms with Crippen LogP contribution in [0.15, 0.2) is 70.3 Å². The monoisotopic (exact) mass is 1370 g/mol. The summed E-state index contributed by atoms with van der Waals surface area (Å²) in [6.07, 6.45) is 52.9. The first-order chi connectivity index (χ1) is 46.4. The van der Waals surface area contributed by atoms with E-state index < -0.39 is 11.6 Å². The molecule has 0 amide bonds. The van der Waals surface area contributed by atoms with Gasteiger partial charge in [0.25, 0.3) is 11.1 Å². The van der Waals surface area contributed by atoms with Gasteiger partial charge in [-0.1, -0.05) is 292 Å². The number of nitrogens with zero attached hydrogens (tertiary/aromatic N) is 2. The van der Waals surface area contributed by atoms with Crippen LogP contribution in [0, 0.1) is 37.3 Å². The minimum atomic E-state index is -0.818. The Bertz CT molecular complexity index is 3410. The van der Waals surface area contributed by atoms with Crippen LogP contribution in [0.4, 0.5) is 8.78 Å². The Labute approximate surface area is 592 Å². The zero-order valence-corrected chi connectivity index (χ0v) is 64.1. The molecule has 0 saturated heterocycles. The number of aryl methyl sites for hydroxylation is 4. The van der Waals surface area contributed by atoms with Gasteiger partial charge in [0.1, 0.15) is 0 Å². The zero-order valence-electron chi connectivity index (χ0n) is 60.8. The summed E-state index contributed by atoms with van der Waals surface area (Å²) in [6, 6.07) is 20.3. The zero-order chi connectivity index (χ0) is 67.6. The molecule has 0 fully saturated rings. The van der Waals surface area contributed by atoms with E-state index in [2.05, 4.69) is 87.9 Å². The van der Waals surface area contributed by atoms with Crippen molar-refractivity contribution in [2.45, 2.75) is 345 Å². The van der Waals surface area contributed by atoms with E-state index in [1.54, 1.807) is 34.8 Å². The molecule has 526 valence electrons. The molecular weight excluding hydrogens is 1250 g/mol. The van der Waals surface area contributed by atoms with Crippen molar-refractivity contribution in [1.82, 2.24) is 9.13 Å². The third kappa shape index (κ3) is 25.0. The number of rotatable bonds is 52. The summed E-state index contributed by atoms with van der Waals surface area (Å²) in [6.45, 7) is 19.2. The molecule has 0 radical (unpaired) electrons. The quantitative estimate of drug-likeness (QED) is 0.0357. The van der Waals surface area contributed by atoms with E-state index in [1.807, 2.05) is 25.1 Å². The average Bonchev–Trinajstić information content (AvgIpc) is 1.73. The van der Waals surface area contributed by atoms with Crippen LogP contribution in [0.5, 0.6) is 0 Å². The first kappa shape index (κ1) is 78.4. The summed E-state index contributed by atoms with van der Waals surface area (Å²) in [5.74, 6) is -0.586. The van der Waals surface area contributed by atoms with Crippen LogP contribution >= 0.6 is 45.3 Å². The third-order valence-corrected chi connectivity index (χ3v) is 25.1. The maximum absolute atomic E-state index is 16.5. The standard InChI is InChI=1S/C85H126F2N2O2S4/c1-9-14-19-24-29-32-33-36-39-44-49-67(48-43-38-35-31-26-21-16-11-3)59-69-61-80(95-83(69)78-55-54-77(94-78)71-52-51-70(81(86)82(71)87)76-53-50-65(7)92-76)73-63-75-74(89(85(73)91)57-46-41-28-23-18-13-5)62-72(84(90)88(75)56-45-40-27-22-17-12-4)79-60-68(66(8)93-79)58-64(6)47-42-37-34-30-25-20-15-10-2/h50-55,60-64,67H,9-49,56-59H2,1-8H3. The molecule has 10 heteroatoms. The Morgan fingerprint density at radius 1 is 0.358 bits per heavy atom. The van der Waals surface area contributed by atoms with Crippen molar-refractivity contribution in [2.75, 3.05) is 0 Å². The molecule has 6 aromatic heterocycles. The molecule has 6 heterocycles. The minimum absolute atomic E-state index is 0.00486. The highest BCUT2D eigenvalue weighted by Crippen LogP contribution is 2.46. The lowest BCUT2D eigenvalue weighted by molar-refractivity contribution is 0.400. The molecule has 2 atom stereocenters. The van der Waals surface area contributed by atoms with E-state index in [-0.39, 0.29) is 16.7 Å². The number of halogens is 2. The normalized spacial score (nSPS) is 12.5. The van der Waals surface area contributed by atoms with E-state index in [1.165, 1.54) is 263 Å². The van der Waals surface area contributed by atoms with Crippen molar-refractivity contribution in [3.8, 4) is 51.5 Å². The fraction of sp³-hybridized carbons (Fsp3) is 0.647. The highest BCUT2D eigenvalue weighted by atomic mass is 32.1. The molecule has 0 aliphatic heterocycles. The third-order valence-electron chi connectivity index (χ3n) is 20.4. The summed E-state index contributed by atoms with van der Waals surface area (Å²) < 4.78 is 36.8. The number of thiophene rings is 4. The van der Waals surface area contributed by atoms with Crippen molar-refractivity contribution in [3.63, 3.8) is 0 Å². The Kier molecular flexibility index (Phi) is 36.5. The molecule has 2 unspecified atom stereocenters. The lowest BCUT2D eigenvalue weighted by atomic mass is 9.88. The highest BCUT2D eigenvalue weighted by molar-refractivity contribution is 7.25. The molecule has 4 nitrogen and oxygen atoms in total. The summed E-state index contributed by atoms with van der Waals surface area (Å²) in [7, 11) is 0. The molecule has 1 aromatic carbocycles. The Morgan fingerprint density at radius 3 is 1.16 bits per heavy atom. The van der Waals surface area contributed by atoms with E-state index >= 15 is 18.4 Å². The van der Waals surface area contributed by atoms with Gasteiger partial charge in [0.2, 0.25) is 0 Å². The van der Waals surface area contributed by atoms with Crippen LogP contribution < -0.4 is 11.1 Å². The number of unbranched alkanes of at least 4 members (excludes halogenated alkanes) is 33. The maximum Gasteiger partial charge on any atom is 0.259 e. The fourth-order valence-electron chi connectivity index (χ4n) is 14.5. The van der Waals surface area contributed by atoms with Crippen LogP contribution in [-0.4, -0.2) is 9.13 Å².